The van der Waals surface area contributed by atoms with Crippen molar-refractivity contribution in [3.05, 3.63) is 52.8 Å². The van der Waals surface area contributed by atoms with Crippen LogP contribution < -0.4 is 14.4 Å². The van der Waals surface area contributed by atoms with Crippen molar-refractivity contribution < 1.29 is 23.9 Å². The number of para-hydroxylation sites is 1. The summed E-state index contributed by atoms with van der Waals surface area (Å²) in [5, 5.41) is 0. The topological polar surface area (TPSA) is 90.2 Å². The van der Waals surface area contributed by atoms with Gasteiger partial charge in [0, 0.05) is 12.2 Å². The van der Waals surface area contributed by atoms with Crippen molar-refractivity contribution in [3.8, 4) is 5.75 Å². The minimum atomic E-state index is -0.404. The maximum absolute atomic E-state index is 12.8. The first-order chi connectivity index (χ1) is 17.0. The first-order valence-electron chi connectivity index (χ1n) is 11.4. The van der Waals surface area contributed by atoms with E-state index >= 15 is 0 Å². The zero-order valence-electron chi connectivity index (χ0n) is 19.7. The third-order valence-electron chi connectivity index (χ3n) is 5.57. The molecule has 184 valence electrons. The predicted octanol–water partition coefficient (Wildman–Crippen LogP) is 3.41. The van der Waals surface area contributed by atoms with Crippen LogP contribution in [0.15, 0.2) is 47.5 Å². The Balaban J connectivity index is 1.47. The number of aryl methyl sites for hydroxylation is 1. The first kappa shape index (κ1) is 25.0. The Labute approximate surface area is 211 Å². The number of rotatable bonds is 8. The van der Waals surface area contributed by atoms with Crippen molar-refractivity contribution in [3.63, 3.8) is 0 Å². The number of nitrogens with zero attached hydrogens (tertiary/aromatic N) is 3. The lowest BCUT2D eigenvalue weighted by molar-refractivity contribution is -0.143. The molecule has 1 aromatic heterocycles. The van der Waals surface area contributed by atoms with Crippen LogP contribution in [-0.2, 0) is 32.1 Å². The lowest BCUT2D eigenvalue weighted by Gasteiger charge is -2.29. The molecule has 0 bridgehead atoms. The number of carbonyl (C=O) groups excluding carboxylic acids is 3. The lowest BCUT2D eigenvalue weighted by atomic mass is 10.0. The second-order valence-corrected chi connectivity index (χ2v) is 9.88. The molecule has 0 aliphatic carbocycles. The predicted molar refractivity (Wildman–Crippen MR) is 138 cm³/mol. The van der Waals surface area contributed by atoms with Crippen molar-refractivity contribution in [1.82, 2.24) is 4.57 Å². The highest BCUT2D eigenvalue weighted by Gasteiger charge is 2.22. The van der Waals surface area contributed by atoms with Gasteiger partial charge in [-0.25, -0.2) is 0 Å². The Kier molecular flexibility index (Phi) is 8.25. The molecule has 10 heteroatoms. The molecule has 0 spiro atoms. The molecular weight excluding hydrogens is 486 g/mol. The number of thiazole rings is 1. The molecule has 2 amide bonds. The number of aromatic nitrogens is 1. The van der Waals surface area contributed by atoms with E-state index < -0.39 is 5.97 Å². The van der Waals surface area contributed by atoms with E-state index in [0.29, 0.717) is 17.1 Å². The van der Waals surface area contributed by atoms with Crippen LogP contribution >= 0.6 is 23.1 Å². The van der Waals surface area contributed by atoms with Crippen molar-refractivity contribution in [2.45, 2.75) is 26.3 Å². The van der Waals surface area contributed by atoms with Crippen molar-refractivity contribution in [2.75, 3.05) is 36.7 Å². The Hall–Kier alpha value is -3.11. The van der Waals surface area contributed by atoms with E-state index in [9.17, 15) is 14.4 Å². The van der Waals surface area contributed by atoms with Gasteiger partial charge >= 0.3 is 5.97 Å². The van der Waals surface area contributed by atoms with Gasteiger partial charge in [0.25, 0.3) is 5.91 Å². The van der Waals surface area contributed by atoms with Crippen LogP contribution in [0.1, 0.15) is 18.9 Å². The standard InChI is InChI=1S/C25H27N3O5S2/c1-3-33-24(31)14-28-20-11-10-18(32-2)13-21(20)35-25(28)26-22(29)15-34-16-23(30)27-12-6-8-17-7-4-5-9-19(17)27/h4-5,7,9-11,13H,3,6,8,12,14-16H2,1-2H3. The van der Waals surface area contributed by atoms with E-state index in [0.717, 1.165) is 28.7 Å². The van der Waals surface area contributed by atoms with Crippen LogP contribution in [0.3, 0.4) is 0 Å². The number of benzene rings is 2. The molecule has 3 aromatic rings. The molecule has 0 unspecified atom stereocenters. The number of fused-ring (bicyclic) bond motifs is 2. The SMILES string of the molecule is CCOC(=O)Cn1c(=NC(=O)CSCC(=O)N2CCCc3ccccc32)sc2cc(OC)ccc21. The third kappa shape index (κ3) is 5.94. The number of methoxy groups -OCH3 is 1. The second kappa shape index (κ2) is 11.5. The second-order valence-electron chi connectivity index (χ2n) is 7.89. The molecule has 0 saturated carbocycles. The van der Waals surface area contributed by atoms with Crippen LogP contribution in [-0.4, -0.2) is 54.1 Å². The molecule has 0 atom stereocenters. The van der Waals surface area contributed by atoms with Gasteiger partial charge < -0.3 is 18.9 Å². The minimum absolute atomic E-state index is 0.0127. The monoisotopic (exact) mass is 513 g/mol. The van der Waals surface area contributed by atoms with Gasteiger partial charge in [-0.1, -0.05) is 29.5 Å². The number of ether oxygens (including phenoxy) is 2. The molecular formula is C25H27N3O5S2. The number of esters is 1. The molecule has 4 rings (SSSR count). The average Bonchev–Trinajstić information content (AvgIpc) is 3.19. The summed E-state index contributed by atoms with van der Waals surface area (Å²) in [7, 11) is 1.58. The molecule has 2 aromatic carbocycles. The van der Waals surface area contributed by atoms with Gasteiger partial charge in [0.2, 0.25) is 5.91 Å². The zero-order chi connectivity index (χ0) is 24.8. The summed E-state index contributed by atoms with van der Waals surface area (Å²) >= 11 is 2.55. The van der Waals surface area contributed by atoms with E-state index in [1.54, 1.807) is 29.6 Å². The third-order valence-corrected chi connectivity index (χ3v) is 7.51. The van der Waals surface area contributed by atoms with E-state index in [4.69, 9.17) is 9.47 Å². The number of carbonyl (C=O) groups is 3. The van der Waals surface area contributed by atoms with Gasteiger partial charge in [-0.05, 0) is 49.6 Å². The Morgan fingerprint density at radius 2 is 1.97 bits per heavy atom. The van der Waals surface area contributed by atoms with Gasteiger partial charge in [-0.15, -0.1) is 11.8 Å². The number of amides is 2. The fourth-order valence-electron chi connectivity index (χ4n) is 3.99. The Bertz CT molecular complexity index is 1310. The quantitative estimate of drug-likeness (QED) is 0.429. The highest BCUT2D eigenvalue weighted by molar-refractivity contribution is 8.00. The summed E-state index contributed by atoms with van der Waals surface area (Å²) in [6.45, 7) is 2.65. The maximum atomic E-state index is 12.8. The van der Waals surface area contributed by atoms with Crippen LogP contribution in [0.25, 0.3) is 10.2 Å². The van der Waals surface area contributed by atoms with Gasteiger partial charge in [0.15, 0.2) is 4.80 Å². The Morgan fingerprint density at radius 3 is 2.77 bits per heavy atom. The summed E-state index contributed by atoms with van der Waals surface area (Å²) < 4.78 is 12.9. The van der Waals surface area contributed by atoms with Gasteiger partial charge in [0.05, 0.1) is 35.4 Å². The largest absolute Gasteiger partial charge is 0.497 e. The minimum Gasteiger partial charge on any atom is -0.497 e. The van der Waals surface area contributed by atoms with E-state index in [1.807, 2.05) is 30.3 Å². The normalized spacial score (nSPS) is 13.5. The van der Waals surface area contributed by atoms with Crippen LogP contribution in [0.5, 0.6) is 5.75 Å². The van der Waals surface area contributed by atoms with Gasteiger partial charge in [-0.3, -0.25) is 14.4 Å². The van der Waals surface area contributed by atoms with Crippen LogP contribution in [0.4, 0.5) is 5.69 Å². The van der Waals surface area contributed by atoms with E-state index in [2.05, 4.69) is 11.1 Å². The molecule has 2 heterocycles. The maximum Gasteiger partial charge on any atom is 0.326 e. The van der Waals surface area contributed by atoms with Crippen molar-refractivity contribution >= 4 is 56.8 Å². The lowest BCUT2D eigenvalue weighted by Crippen LogP contribution is -2.36. The van der Waals surface area contributed by atoms with E-state index in [-0.39, 0.29) is 36.5 Å². The van der Waals surface area contributed by atoms with Gasteiger partial charge in [0.1, 0.15) is 12.3 Å². The van der Waals surface area contributed by atoms with Crippen LogP contribution in [0, 0.1) is 0 Å². The summed E-state index contributed by atoms with van der Waals surface area (Å²) in [5.74, 6) is 0.159. The highest BCUT2D eigenvalue weighted by atomic mass is 32.2. The molecule has 1 aliphatic heterocycles. The highest BCUT2D eigenvalue weighted by Crippen LogP contribution is 2.27. The summed E-state index contributed by atoms with van der Waals surface area (Å²) in [5.41, 5.74) is 2.90. The number of hydrogen-bond donors (Lipinski definition) is 0. The summed E-state index contributed by atoms with van der Waals surface area (Å²) in [6, 6.07) is 13.4. The fraction of sp³-hybridized carbons (Fsp3) is 0.360. The number of hydrogen-bond acceptors (Lipinski definition) is 7. The molecule has 0 saturated heterocycles. The molecule has 0 radical (unpaired) electrons. The molecule has 8 nitrogen and oxygen atoms in total. The molecule has 0 fully saturated rings. The molecule has 0 N–H and O–H groups in total. The number of thioether (sulfide) groups is 1. The zero-order valence-corrected chi connectivity index (χ0v) is 21.3. The number of anilines is 1. The molecule has 1 aliphatic rings. The van der Waals surface area contributed by atoms with Crippen molar-refractivity contribution in [1.29, 1.82) is 0 Å². The first-order valence-corrected chi connectivity index (χ1v) is 13.3. The Morgan fingerprint density at radius 1 is 1.14 bits per heavy atom. The van der Waals surface area contributed by atoms with E-state index in [1.165, 1.54) is 28.7 Å². The summed E-state index contributed by atoms with van der Waals surface area (Å²) in [4.78, 5) is 44.1. The summed E-state index contributed by atoms with van der Waals surface area (Å²) in [6.07, 6.45) is 1.90. The average molecular weight is 514 g/mol. The smallest absolute Gasteiger partial charge is 0.326 e. The molecule has 35 heavy (non-hydrogen) atoms. The van der Waals surface area contributed by atoms with Gasteiger partial charge in [-0.2, -0.15) is 4.99 Å². The van der Waals surface area contributed by atoms with Crippen LogP contribution in [0.2, 0.25) is 0 Å². The fourth-order valence-corrected chi connectivity index (χ4v) is 5.74. The van der Waals surface area contributed by atoms with Crippen molar-refractivity contribution in [2.24, 2.45) is 4.99 Å².